The largest absolute Gasteiger partial charge is 0.481 e. The van der Waals surface area contributed by atoms with Crippen LogP contribution < -0.4 is 27.4 Å². The molecule has 0 spiro atoms. The van der Waals surface area contributed by atoms with Gasteiger partial charge in [-0.3, -0.25) is 28.8 Å². The van der Waals surface area contributed by atoms with E-state index in [1.165, 1.54) is 6.92 Å². The topological polar surface area (TPSA) is 231 Å². The minimum Gasteiger partial charge on any atom is -0.481 e. The van der Waals surface area contributed by atoms with Gasteiger partial charge in [0.2, 0.25) is 23.6 Å². The SMILES string of the molecule is CC(C)CC(NC(=O)C(N)CCC(N)=O)C(=O)NC(CC(=O)O)C(=O)NC(C)C(=O)O. The third-order valence-electron chi connectivity index (χ3n) is 4.12. The molecule has 0 aromatic heterocycles. The van der Waals surface area contributed by atoms with Crippen LogP contribution in [-0.2, 0) is 28.8 Å². The van der Waals surface area contributed by atoms with Gasteiger partial charge in [0.25, 0.3) is 0 Å². The molecule has 0 aliphatic rings. The Kier molecular flexibility index (Phi) is 11.8. The van der Waals surface area contributed by atoms with E-state index in [2.05, 4.69) is 16.0 Å². The molecule has 4 amide bonds. The van der Waals surface area contributed by atoms with E-state index in [4.69, 9.17) is 21.7 Å². The van der Waals surface area contributed by atoms with E-state index < -0.39 is 66.2 Å². The van der Waals surface area contributed by atoms with Crippen molar-refractivity contribution < 1.29 is 39.0 Å². The standard InChI is InChI=1S/C18H31N5O8/c1-8(2)6-11(22-15(27)10(19)4-5-13(20)24)17(29)23-12(7-14(25)26)16(28)21-9(3)18(30)31/h8-12H,4-7,19H2,1-3H3,(H2,20,24)(H,21,28)(H,22,27)(H,23,29)(H,25,26)(H,30,31). The molecule has 0 bridgehead atoms. The predicted molar refractivity (Wildman–Crippen MR) is 107 cm³/mol. The monoisotopic (exact) mass is 445 g/mol. The molecule has 0 fully saturated rings. The van der Waals surface area contributed by atoms with E-state index in [1.54, 1.807) is 13.8 Å². The van der Waals surface area contributed by atoms with Gasteiger partial charge in [-0.2, -0.15) is 0 Å². The molecule has 0 aromatic rings. The van der Waals surface area contributed by atoms with E-state index >= 15 is 0 Å². The number of carboxylic acid groups (broad SMARTS) is 2. The molecule has 0 heterocycles. The second-order valence-corrected chi connectivity index (χ2v) is 7.53. The predicted octanol–water partition coefficient (Wildman–Crippen LogP) is -2.34. The summed E-state index contributed by atoms with van der Waals surface area (Å²) in [6.07, 6.45) is -0.815. The molecule has 9 N–H and O–H groups in total. The van der Waals surface area contributed by atoms with Crippen LogP contribution in [0, 0.1) is 5.92 Å². The second-order valence-electron chi connectivity index (χ2n) is 7.53. The zero-order valence-electron chi connectivity index (χ0n) is 17.7. The number of carbonyl (C=O) groups is 6. The molecule has 13 nitrogen and oxygen atoms in total. The molecule has 0 saturated heterocycles. The highest BCUT2D eigenvalue weighted by Gasteiger charge is 2.31. The van der Waals surface area contributed by atoms with Crippen LogP contribution in [0.2, 0.25) is 0 Å². The number of nitrogens with one attached hydrogen (secondary N) is 3. The summed E-state index contributed by atoms with van der Waals surface area (Å²) in [6, 6.07) is -5.13. The zero-order valence-corrected chi connectivity index (χ0v) is 17.7. The molecule has 0 saturated carbocycles. The Labute approximate surface area is 179 Å². The first-order valence-electron chi connectivity index (χ1n) is 9.64. The lowest BCUT2D eigenvalue weighted by Crippen LogP contribution is -2.57. The Balaban J connectivity index is 5.34. The maximum Gasteiger partial charge on any atom is 0.325 e. The molecule has 31 heavy (non-hydrogen) atoms. The number of nitrogens with two attached hydrogens (primary N) is 2. The Morgan fingerprint density at radius 1 is 0.839 bits per heavy atom. The van der Waals surface area contributed by atoms with Crippen molar-refractivity contribution in [3.8, 4) is 0 Å². The minimum atomic E-state index is -1.57. The fourth-order valence-corrected chi connectivity index (χ4v) is 2.44. The Bertz CT molecular complexity index is 696. The summed E-state index contributed by atoms with van der Waals surface area (Å²) in [4.78, 5) is 70.0. The first-order valence-corrected chi connectivity index (χ1v) is 9.64. The first-order chi connectivity index (χ1) is 14.2. The van der Waals surface area contributed by atoms with Crippen LogP contribution in [0.5, 0.6) is 0 Å². The van der Waals surface area contributed by atoms with Gasteiger partial charge in [0.1, 0.15) is 18.1 Å². The van der Waals surface area contributed by atoms with Gasteiger partial charge in [-0.25, -0.2) is 0 Å². The normalized spacial score (nSPS) is 14.6. The van der Waals surface area contributed by atoms with E-state index in [0.717, 1.165) is 0 Å². The van der Waals surface area contributed by atoms with Crippen molar-refractivity contribution in [2.45, 2.75) is 70.6 Å². The van der Waals surface area contributed by atoms with Gasteiger partial charge in [0.05, 0.1) is 12.5 Å². The average molecular weight is 445 g/mol. The Morgan fingerprint density at radius 2 is 1.35 bits per heavy atom. The fourth-order valence-electron chi connectivity index (χ4n) is 2.44. The third-order valence-corrected chi connectivity index (χ3v) is 4.12. The Hall–Kier alpha value is -3.22. The van der Waals surface area contributed by atoms with Crippen LogP contribution in [0.4, 0.5) is 0 Å². The van der Waals surface area contributed by atoms with Crippen LogP contribution >= 0.6 is 0 Å². The number of hydrogen-bond donors (Lipinski definition) is 7. The van der Waals surface area contributed by atoms with Crippen LogP contribution in [0.3, 0.4) is 0 Å². The van der Waals surface area contributed by atoms with Crippen molar-refractivity contribution in [1.82, 2.24) is 16.0 Å². The molecular formula is C18H31N5O8. The van der Waals surface area contributed by atoms with Gasteiger partial charge in [-0.15, -0.1) is 0 Å². The summed E-state index contributed by atoms with van der Waals surface area (Å²) in [7, 11) is 0. The number of amides is 4. The van der Waals surface area contributed by atoms with Crippen molar-refractivity contribution in [2.24, 2.45) is 17.4 Å². The van der Waals surface area contributed by atoms with E-state index in [-0.39, 0.29) is 25.2 Å². The summed E-state index contributed by atoms with van der Waals surface area (Å²) in [6.45, 7) is 4.72. The molecule has 176 valence electrons. The van der Waals surface area contributed by atoms with Gasteiger partial charge in [0, 0.05) is 6.42 Å². The lowest BCUT2D eigenvalue weighted by Gasteiger charge is -2.25. The quantitative estimate of drug-likeness (QED) is 0.151. The number of primary amides is 1. The smallest absolute Gasteiger partial charge is 0.325 e. The Morgan fingerprint density at radius 3 is 1.81 bits per heavy atom. The van der Waals surface area contributed by atoms with E-state index in [1.807, 2.05) is 0 Å². The molecule has 0 radical (unpaired) electrons. The summed E-state index contributed by atoms with van der Waals surface area (Å²) in [5, 5.41) is 24.7. The number of carbonyl (C=O) groups excluding carboxylic acids is 4. The number of rotatable bonds is 14. The number of hydrogen-bond acceptors (Lipinski definition) is 7. The summed E-state index contributed by atoms with van der Waals surface area (Å²) in [5.74, 6) is -6.02. The average Bonchev–Trinajstić information content (AvgIpc) is 2.63. The van der Waals surface area contributed by atoms with Gasteiger partial charge in [-0.1, -0.05) is 13.8 Å². The lowest BCUT2D eigenvalue weighted by molar-refractivity contribution is -0.143. The van der Waals surface area contributed by atoms with E-state index in [9.17, 15) is 28.8 Å². The fraction of sp³-hybridized carbons (Fsp3) is 0.667. The molecule has 13 heteroatoms. The maximum atomic E-state index is 12.7. The van der Waals surface area contributed by atoms with Gasteiger partial charge in [0.15, 0.2) is 0 Å². The van der Waals surface area contributed by atoms with Crippen LogP contribution in [0.1, 0.15) is 46.5 Å². The molecular weight excluding hydrogens is 414 g/mol. The second kappa shape index (κ2) is 13.2. The van der Waals surface area contributed by atoms with Crippen molar-refractivity contribution in [2.75, 3.05) is 0 Å². The lowest BCUT2D eigenvalue weighted by atomic mass is 10.0. The van der Waals surface area contributed by atoms with Crippen molar-refractivity contribution >= 4 is 35.6 Å². The summed E-state index contributed by atoms with van der Waals surface area (Å²) >= 11 is 0. The highest BCUT2D eigenvalue weighted by atomic mass is 16.4. The summed E-state index contributed by atoms with van der Waals surface area (Å²) in [5.41, 5.74) is 10.7. The van der Waals surface area contributed by atoms with Gasteiger partial charge in [-0.05, 0) is 25.7 Å². The maximum absolute atomic E-state index is 12.7. The molecule has 4 unspecified atom stereocenters. The third kappa shape index (κ3) is 11.5. The highest BCUT2D eigenvalue weighted by molar-refractivity contribution is 5.95. The summed E-state index contributed by atoms with van der Waals surface area (Å²) < 4.78 is 0. The van der Waals surface area contributed by atoms with Crippen molar-refractivity contribution in [3.63, 3.8) is 0 Å². The zero-order chi connectivity index (χ0) is 24.3. The molecule has 0 aromatic carbocycles. The van der Waals surface area contributed by atoms with Crippen LogP contribution in [0.15, 0.2) is 0 Å². The van der Waals surface area contributed by atoms with E-state index in [0.29, 0.717) is 0 Å². The van der Waals surface area contributed by atoms with Gasteiger partial charge < -0.3 is 37.6 Å². The highest BCUT2D eigenvalue weighted by Crippen LogP contribution is 2.07. The number of carboxylic acids is 2. The number of aliphatic carboxylic acids is 2. The van der Waals surface area contributed by atoms with Gasteiger partial charge >= 0.3 is 11.9 Å². The molecule has 4 atom stereocenters. The molecule has 0 aliphatic carbocycles. The van der Waals surface area contributed by atoms with Crippen molar-refractivity contribution in [3.05, 3.63) is 0 Å². The van der Waals surface area contributed by atoms with Crippen LogP contribution in [0.25, 0.3) is 0 Å². The molecule has 0 aliphatic heterocycles. The first kappa shape index (κ1) is 27.8. The van der Waals surface area contributed by atoms with Crippen molar-refractivity contribution in [1.29, 1.82) is 0 Å². The minimum absolute atomic E-state index is 0.0334. The van der Waals surface area contributed by atoms with Crippen LogP contribution in [-0.4, -0.2) is 69.9 Å². The molecule has 0 rings (SSSR count).